The zero-order valence-corrected chi connectivity index (χ0v) is 16.0. The van der Waals surface area contributed by atoms with Crippen LogP contribution in [0, 0.1) is 34.0 Å². The molecule has 24 heavy (non-hydrogen) atoms. The number of fused-ring (bicyclic) bond motifs is 2. The standard InChI is InChI=1S/C22H34O2/c1-15-12-18-6-7-19-20(3,14-24-16(2)23)9-5-10-21(19,4)22(18)11-8-17(15)13-22/h12,17-19H,5-11,13-14H2,1-4H3/t17-,18?,19?,20-,21-,22+/m0/s1. The first kappa shape index (κ1) is 16.7. The second-order valence-corrected chi connectivity index (χ2v) is 9.95. The van der Waals surface area contributed by atoms with Gasteiger partial charge in [0.2, 0.25) is 0 Å². The van der Waals surface area contributed by atoms with Gasteiger partial charge in [0, 0.05) is 12.3 Å². The fourth-order valence-electron chi connectivity index (χ4n) is 7.74. The lowest BCUT2D eigenvalue weighted by molar-refractivity contribution is -0.176. The first-order chi connectivity index (χ1) is 11.3. The summed E-state index contributed by atoms with van der Waals surface area (Å²) in [6.07, 6.45) is 13.5. The van der Waals surface area contributed by atoms with Crippen LogP contribution in [-0.2, 0) is 9.53 Å². The van der Waals surface area contributed by atoms with Crippen molar-refractivity contribution in [3.63, 3.8) is 0 Å². The van der Waals surface area contributed by atoms with E-state index in [-0.39, 0.29) is 11.4 Å². The lowest BCUT2D eigenvalue weighted by Gasteiger charge is -2.65. The van der Waals surface area contributed by atoms with Gasteiger partial charge in [-0.05, 0) is 80.5 Å². The number of ether oxygens (including phenoxy) is 1. The highest BCUT2D eigenvalue weighted by atomic mass is 16.5. The van der Waals surface area contributed by atoms with Crippen LogP contribution in [-0.4, -0.2) is 12.6 Å². The summed E-state index contributed by atoms with van der Waals surface area (Å²) in [5, 5.41) is 0. The first-order valence-electron chi connectivity index (χ1n) is 10.1. The average molecular weight is 331 g/mol. The molecule has 0 saturated heterocycles. The molecule has 0 amide bonds. The highest BCUT2D eigenvalue weighted by Gasteiger charge is 2.65. The summed E-state index contributed by atoms with van der Waals surface area (Å²) in [5.74, 6) is 2.24. The highest BCUT2D eigenvalue weighted by molar-refractivity contribution is 5.65. The Kier molecular flexibility index (Phi) is 3.72. The van der Waals surface area contributed by atoms with Gasteiger partial charge in [0.1, 0.15) is 0 Å². The van der Waals surface area contributed by atoms with Gasteiger partial charge in [-0.2, -0.15) is 0 Å². The van der Waals surface area contributed by atoms with Crippen LogP contribution in [0.15, 0.2) is 11.6 Å². The number of allylic oxidation sites excluding steroid dienone is 2. The summed E-state index contributed by atoms with van der Waals surface area (Å²) >= 11 is 0. The summed E-state index contributed by atoms with van der Waals surface area (Å²) in [6, 6.07) is 0. The fourth-order valence-corrected chi connectivity index (χ4v) is 7.74. The summed E-state index contributed by atoms with van der Waals surface area (Å²) in [6.45, 7) is 9.58. The third kappa shape index (κ3) is 2.10. The van der Waals surface area contributed by atoms with Gasteiger partial charge in [-0.3, -0.25) is 4.79 Å². The molecule has 3 fully saturated rings. The van der Waals surface area contributed by atoms with Crippen molar-refractivity contribution in [2.75, 3.05) is 6.61 Å². The second-order valence-electron chi connectivity index (χ2n) is 9.95. The highest BCUT2D eigenvalue weighted by Crippen LogP contribution is 2.73. The van der Waals surface area contributed by atoms with Crippen molar-refractivity contribution in [1.82, 2.24) is 0 Å². The Morgan fingerprint density at radius 2 is 2.00 bits per heavy atom. The summed E-state index contributed by atoms with van der Waals surface area (Å²) in [7, 11) is 0. The fraction of sp³-hybridized carbons (Fsp3) is 0.864. The molecule has 2 unspecified atom stereocenters. The van der Waals surface area contributed by atoms with E-state index in [1.54, 1.807) is 12.5 Å². The molecule has 4 rings (SSSR count). The van der Waals surface area contributed by atoms with Crippen LogP contribution in [0.4, 0.5) is 0 Å². The number of esters is 1. The van der Waals surface area contributed by atoms with Gasteiger partial charge in [0.05, 0.1) is 6.61 Å². The van der Waals surface area contributed by atoms with Crippen LogP contribution >= 0.6 is 0 Å². The SMILES string of the molecule is CC(=O)OC[C@]1(C)CCC[C@@]2(C)C1CCC1C=C(C)[C@H]3CC[C@@]12C3. The Morgan fingerprint density at radius 1 is 1.21 bits per heavy atom. The molecule has 4 aliphatic rings. The minimum absolute atomic E-state index is 0.118. The second kappa shape index (κ2) is 5.35. The van der Waals surface area contributed by atoms with E-state index in [2.05, 4.69) is 26.8 Å². The number of hydrogen-bond donors (Lipinski definition) is 0. The molecule has 134 valence electrons. The van der Waals surface area contributed by atoms with Gasteiger partial charge in [-0.25, -0.2) is 0 Å². The van der Waals surface area contributed by atoms with E-state index in [0.29, 0.717) is 23.4 Å². The molecule has 0 heterocycles. The monoisotopic (exact) mass is 330 g/mol. The maximum atomic E-state index is 11.4. The molecule has 0 aliphatic heterocycles. The quantitative estimate of drug-likeness (QED) is 0.492. The van der Waals surface area contributed by atoms with Crippen molar-refractivity contribution in [2.24, 2.45) is 34.0 Å². The number of rotatable bonds is 2. The predicted octanol–water partition coefficient (Wildman–Crippen LogP) is 5.52. The Hall–Kier alpha value is -0.790. The van der Waals surface area contributed by atoms with Crippen molar-refractivity contribution in [3.05, 3.63) is 11.6 Å². The molecule has 0 radical (unpaired) electrons. The zero-order valence-electron chi connectivity index (χ0n) is 16.0. The third-order valence-corrected chi connectivity index (χ3v) is 8.93. The van der Waals surface area contributed by atoms with E-state index in [4.69, 9.17) is 4.74 Å². The topological polar surface area (TPSA) is 26.3 Å². The van der Waals surface area contributed by atoms with Gasteiger partial charge in [0.15, 0.2) is 0 Å². The van der Waals surface area contributed by atoms with Crippen molar-refractivity contribution >= 4 is 5.97 Å². The van der Waals surface area contributed by atoms with Gasteiger partial charge < -0.3 is 4.74 Å². The van der Waals surface area contributed by atoms with Crippen LogP contribution in [0.5, 0.6) is 0 Å². The van der Waals surface area contributed by atoms with Crippen LogP contribution in [0.3, 0.4) is 0 Å². The van der Waals surface area contributed by atoms with Gasteiger partial charge >= 0.3 is 5.97 Å². The number of hydrogen-bond acceptors (Lipinski definition) is 2. The van der Waals surface area contributed by atoms with E-state index in [1.807, 2.05) is 0 Å². The van der Waals surface area contributed by atoms with Crippen LogP contribution in [0.25, 0.3) is 0 Å². The van der Waals surface area contributed by atoms with E-state index in [1.165, 1.54) is 51.4 Å². The molecule has 4 aliphatic carbocycles. The smallest absolute Gasteiger partial charge is 0.302 e. The third-order valence-electron chi connectivity index (χ3n) is 8.93. The summed E-state index contributed by atoms with van der Waals surface area (Å²) in [5.41, 5.74) is 2.80. The predicted molar refractivity (Wildman–Crippen MR) is 96.4 cm³/mol. The molecular weight excluding hydrogens is 296 g/mol. The van der Waals surface area contributed by atoms with Crippen LogP contribution in [0.2, 0.25) is 0 Å². The van der Waals surface area contributed by atoms with Crippen molar-refractivity contribution in [1.29, 1.82) is 0 Å². The van der Waals surface area contributed by atoms with E-state index < -0.39 is 0 Å². The molecule has 3 saturated carbocycles. The molecule has 1 spiro atoms. The van der Waals surface area contributed by atoms with Gasteiger partial charge in [-0.1, -0.05) is 31.9 Å². The molecule has 0 aromatic rings. The maximum absolute atomic E-state index is 11.4. The summed E-state index contributed by atoms with van der Waals surface area (Å²) < 4.78 is 5.56. The molecular formula is C22H34O2. The van der Waals surface area contributed by atoms with E-state index in [9.17, 15) is 4.79 Å². The Balaban J connectivity index is 1.70. The number of carbonyl (C=O) groups is 1. The van der Waals surface area contributed by atoms with Crippen molar-refractivity contribution in [3.8, 4) is 0 Å². The Morgan fingerprint density at radius 3 is 2.75 bits per heavy atom. The lowest BCUT2D eigenvalue weighted by Crippen LogP contribution is -2.59. The largest absolute Gasteiger partial charge is 0.465 e. The molecule has 0 aromatic carbocycles. The zero-order chi connectivity index (χ0) is 17.2. The Bertz CT molecular complexity index is 579. The molecule has 0 N–H and O–H groups in total. The number of carbonyl (C=O) groups excluding carboxylic acids is 1. The van der Waals surface area contributed by atoms with Gasteiger partial charge in [0.25, 0.3) is 0 Å². The summed E-state index contributed by atoms with van der Waals surface area (Å²) in [4.78, 5) is 11.4. The minimum Gasteiger partial charge on any atom is -0.465 e. The molecule has 0 aromatic heterocycles. The Labute approximate surface area is 147 Å². The first-order valence-corrected chi connectivity index (χ1v) is 10.1. The van der Waals surface area contributed by atoms with Crippen LogP contribution in [0.1, 0.15) is 79.1 Å². The normalized spacial score (nSPS) is 49.8. The molecule has 2 nitrogen and oxygen atoms in total. The van der Waals surface area contributed by atoms with Gasteiger partial charge in [-0.15, -0.1) is 0 Å². The van der Waals surface area contributed by atoms with Crippen molar-refractivity contribution < 1.29 is 9.53 Å². The molecule has 2 bridgehead atoms. The van der Waals surface area contributed by atoms with Crippen LogP contribution < -0.4 is 0 Å². The lowest BCUT2D eigenvalue weighted by atomic mass is 9.39. The van der Waals surface area contributed by atoms with E-state index >= 15 is 0 Å². The average Bonchev–Trinajstić information content (AvgIpc) is 2.91. The molecule has 2 heteroatoms. The minimum atomic E-state index is -0.118. The maximum Gasteiger partial charge on any atom is 0.302 e. The van der Waals surface area contributed by atoms with E-state index in [0.717, 1.165) is 11.8 Å². The molecule has 6 atom stereocenters. The van der Waals surface area contributed by atoms with Crippen molar-refractivity contribution in [2.45, 2.75) is 79.1 Å².